The van der Waals surface area contributed by atoms with Gasteiger partial charge in [-0.3, -0.25) is 0 Å². The first kappa shape index (κ1) is 10.0. The van der Waals surface area contributed by atoms with Crippen LogP contribution in [0.1, 0.15) is 36.4 Å². The second kappa shape index (κ2) is 3.70. The highest BCUT2D eigenvalue weighted by atomic mass is 32.1. The van der Waals surface area contributed by atoms with E-state index in [-0.39, 0.29) is 0 Å². The van der Waals surface area contributed by atoms with E-state index in [1.807, 2.05) is 7.05 Å². The smallest absolute Gasteiger partial charge is 0.138 e. The van der Waals surface area contributed by atoms with E-state index in [1.54, 1.807) is 11.3 Å². The molecule has 0 unspecified atom stereocenters. The average molecular weight is 233 g/mol. The molecule has 2 aromatic heterocycles. The maximum Gasteiger partial charge on any atom is 0.138 e. The Morgan fingerprint density at radius 2 is 2.25 bits per heavy atom. The van der Waals surface area contributed by atoms with Crippen LogP contribution >= 0.6 is 11.3 Å². The Bertz CT molecular complexity index is 528. The highest BCUT2D eigenvalue weighted by Crippen LogP contribution is 2.40. The normalized spacial score (nSPS) is 15.6. The zero-order valence-electron chi connectivity index (χ0n) is 9.58. The SMILES string of the molecule is CCc1cc2c(NC)nc(C3CC3)nc2s1. The summed E-state index contributed by atoms with van der Waals surface area (Å²) < 4.78 is 0. The summed E-state index contributed by atoms with van der Waals surface area (Å²) in [5.74, 6) is 2.63. The van der Waals surface area contributed by atoms with E-state index in [1.165, 1.54) is 23.1 Å². The predicted octanol–water partition coefficient (Wildman–Crippen LogP) is 3.17. The number of hydrogen-bond acceptors (Lipinski definition) is 4. The van der Waals surface area contributed by atoms with Gasteiger partial charge in [-0.1, -0.05) is 6.92 Å². The lowest BCUT2D eigenvalue weighted by Gasteiger charge is -2.03. The van der Waals surface area contributed by atoms with Gasteiger partial charge in [-0.2, -0.15) is 0 Å². The minimum atomic E-state index is 0.615. The molecule has 0 bridgehead atoms. The number of aromatic nitrogens is 2. The van der Waals surface area contributed by atoms with Crippen LogP contribution in [-0.4, -0.2) is 17.0 Å². The number of nitrogens with one attached hydrogen (secondary N) is 1. The van der Waals surface area contributed by atoms with Crippen LogP contribution in [0.2, 0.25) is 0 Å². The largest absolute Gasteiger partial charge is 0.372 e. The van der Waals surface area contributed by atoms with Gasteiger partial charge in [0.1, 0.15) is 16.5 Å². The first-order valence-electron chi connectivity index (χ1n) is 5.80. The lowest BCUT2D eigenvalue weighted by Crippen LogP contribution is -1.98. The summed E-state index contributed by atoms with van der Waals surface area (Å²) in [4.78, 5) is 11.8. The van der Waals surface area contributed by atoms with E-state index in [9.17, 15) is 0 Å². The van der Waals surface area contributed by atoms with E-state index >= 15 is 0 Å². The van der Waals surface area contributed by atoms with Crippen LogP contribution < -0.4 is 5.32 Å². The fourth-order valence-electron chi connectivity index (χ4n) is 1.88. The number of aryl methyl sites for hydroxylation is 1. The Balaban J connectivity index is 2.19. The van der Waals surface area contributed by atoms with Crippen molar-refractivity contribution in [1.29, 1.82) is 0 Å². The summed E-state index contributed by atoms with van der Waals surface area (Å²) in [7, 11) is 1.93. The maximum atomic E-state index is 4.68. The number of fused-ring (bicyclic) bond motifs is 1. The van der Waals surface area contributed by atoms with E-state index in [0.717, 1.165) is 22.9 Å². The van der Waals surface area contributed by atoms with Gasteiger partial charge in [-0.05, 0) is 25.3 Å². The summed E-state index contributed by atoms with van der Waals surface area (Å²) >= 11 is 1.80. The van der Waals surface area contributed by atoms with Crippen LogP contribution in [0.3, 0.4) is 0 Å². The number of hydrogen-bond donors (Lipinski definition) is 1. The van der Waals surface area contributed by atoms with E-state index < -0.39 is 0 Å². The summed E-state index contributed by atoms with van der Waals surface area (Å²) in [6.45, 7) is 2.18. The number of nitrogens with zero attached hydrogens (tertiary/aromatic N) is 2. The summed E-state index contributed by atoms with van der Waals surface area (Å²) in [6, 6.07) is 2.21. The molecule has 84 valence electrons. The van der Waals surface area contributed by atoms with Gasteiger partial charge in [0, 0.05) is 17.8 Å². The van der Waals surface area contributed by atoms with Gasteiger partial charge in [-0.25, -0.2) is 9.97 Å². The topological polar surface area (TPSA) is 37.8 Å². The molecule has 2 heterocycles. The van der Waals surface area contributed by atoms with Gasteiger partial charge in [0.2, 0.25) is 0 Å². The molecule has 1 aliphatic carbocycles. The number of anilines is 1. The fraction of sp³-hybridized carbons (Fsp3) is 0.500. The molecule has 1 aliphatic rings. The molecule has 0 atom stereocenters. The maximum absolute atomic E-state index is 4.68. The molecule has 16 heavy (non-hydrogen) atoms. The van der Waals surface area contributed by atoms with Crippen LogP contribution in [0, 0.1) is 0 Å². The predicted molar refractivity (Wildman–Crippen MR) is 68.3 cm³/mol. The minimum absolute atomic E-state index is 0.615. The summed E-state index contributed by atoms with van der Waals surface area (Å²) in [5, 5.41) is 4.36. The van der Waals surface area contributed by atoms with Crippen LogP contribution in [-0.2, 0) is 6.42 Å². The van der Waals surface area contributed by atoms with Crippen LogP contribution in [0.5, 0.6) is 0 Å². The van der Waals surface area contributed by atoms with Crippen molar-refractivity contribution in [3.63, 3.8) is 0 Å². The highest BCUT2D eigenvalue weighted by molar-refractivity contribution is 7.18. The second-order valence-electron chi connectivity index (χ2n) is 4.24. The molecule has 0 radical (unpaired) electrons. The highest BCUT2D eigenvalue weighted by Gasteiger charge is 2.27. The molecule has 1 saturated carbocycles. The molecule has 0 spiro atoms. The van der Waals surface area contributed by atoms with Crippen molar-refractivity contribution in [2.24, 2.45) is 0 Å². The van der Waals surface area contributed by atoms with Crippen LogP contribution in [0.4, 0.5) is 5.82 Å². The van der Waals surface area contributed by atoms with Gasteiger partial charge >= 0.3 is 0 Å². The van der Waals surface area contributed by atoms with Crippen molar-refractivity contribution >= 4 is 27.4 Å². The van der Waals surface area contributed by atoms with Crippen molar-refractivity contribution in [3.05, 3.63) is 16.8 Å². The molecule has 1 fully saturated rings. The second-order valence-corrected chi connectivity index (χ2v) is 5.35. The molecule has 2 aromatic rings. The first-order chi connectivity index (χ1) is 7.81. The lowest BCUT2D eigenvalue weighted by molar-refractivity contribution is 0.952. The lowest BCUT2D eigenvalue weighted by atomic mass is 10.3. The zero-order valence-corrected chi connectivity index (χ0v) is 10.4. The Kier molecular flexibility index (Phi) is 2.32. The van der Waals surface area contributed by atoms with E-state index in [2.05, 4.69) is 28.3 Å². The van der Waals surface area contributed by atoms with Crippen molar-refractivity contribution in [2.45, 2.75) is 32.1 Å². The minimum Gasteiger partial charge on any atom is -0.372 e. The Hall–Kier alpha value is -1.16. The first-order valence-corrected chi connectivity index (χ1v) is 6.61. The zero-order chi connectivity index (χ0) is 11.1. The van der Waals surface area contributed by atoms with Crippen molar-refractivity contribution in [1.82, 2.24) is 9.97 Å². The van der Waals surface area contributed by atoms with Crippen molar-refractivity contribution in [3.8, 4) is 0 Å². The molecule has 0 amide bonds. The van der Waals surface area contributed by atoms with Crippen LogP contribution in [0.15, 0.2) is 6.07 Å². The molecule has 0 saturated heterocycles. The average Bonchev–Trinajstić information content (AvgIpc) is 3.07. The van der Waals surface area contributed by atoms with Gasteiger partial charge < -0.3 is 5.32 Å². The molecule has 3 nitrogen and oxygen atoms in total. The van der Waals surface area contributed by atoms with Gasteiger partial charge in [0.25, 0.3) is 0 Å². The third-order valence-corrected chi connectivity index (χ3v) is 4.16. The Morgan fingerprint density at radius 3 is 2.88 bits per heavy atom. The van der Waals surface area contributed by atoms with E-state index in [0.29, 0.717) is 5.92 Å². The van der Waals surface area contributed by atoms with E-state index in [4.69, 9.17) is 0 Å². The molecule has 4 heteroatoms. The standard InChI is InChI=1S/C12H15N3S/c1-3-8-6-9-11(13-2)14-10(7-4-5-7)15-12(9)16-8/h6-7H,3-5H2,1-2H3,(H,13,14,15). The van der Waals surface area contributed by atoms with Crippen LogP contribution in [0.25, 0.3) is 10.2 Å². The Labute approximate surface area is 98.9 Å². The molecular weight excluding hydrogens is 218 g/mol. The van der Waals surface area contributed by atoms with Gasteiger partial charge in [0.15, 0.2) is 0 Å². The fourth-order valence-corrected chi connectivity index (χ4v) is 2.85. The van der Waals surface area contributed by atoms with Gasteiger partial charge in [0.05, 0.1) is 5.39 Å². The molecule has 1 N–H and O–H groups in total. The number of thiophene rings is 1. The number of rotatable bonds is 3. The third kappa shape index (κ3) is 1.57. The third-order valence-electron chi connectivity index (χ3n) is 2.99. The van der Waals surface area contributed by atoms with Gasteiger partial charge in [-0.15, -0.1) is 11.3 Å². The molecular formula is C12H15N3S. The Morgan fingerprint density at radius 1 is 1.44 bits per heavy atom. The molecule has 0 aromatic carbocycles. The summed E-state index contributed by atoms with van der Waals surface area (Å²) in [5.41, 5.74) is 0. The monoisotopic (exact) mass is 233 g/mol. The van der Waals surface area contributed by atoms with Crippen molar-refractivity contribution < 1.29 is 0 Å². The molecule has 3 rings (SSSR count). The quantitative estimate of drug-likeness (QED) is 0.884. The molecule has 0 aliphatic heterocycles. The summed E-state index contributed by atoms with van der Waals surface area (Å²) in [6.07, 6.45) is 3.57. The van der Waals surface area contributed by atoms with Crippen molar-refractivity contribution in [2.75, 3.05) is 12.4 Å².